The average molecular weight is 497 g/mol. The van der Waals surface area contributed by atoms with Crippen molar-refractivity contribution < 1.29 is 23.9 Å². The van der Waals surface area contributed by atoms with Gasteiger partial charge in [-0.2, -0.15) is 5.10 Å². The molecule has 1 saturated carbocycles. The van der Waals surface area contributed by atoms with Crippen molar-refractivity contribution >= 4 is 28.8 Å². The van der Waals surface area contributed by atoms with Gasteiger partial charge in [-0.3, -0.25) is 19.6 Å². The minimum absolute atomic E-state index is 0.103. The number of rotatable bonds is 3. The molecule has 194 valence electrons. The van der Waals surface area contributed by atoms with E-state index in [0.717, 1.165) is 49.0 Å². The molecule has 1 N–H and O–H groups in total. The molecular formula is C27H36N4O5. The molecule has 36 heavy (non-hydrogen) atoms. The van der Waals surface area contributed by atoms with E-state index in [0.29, 0.717) is 24.5 Å². The lowest BCUT2D eigenvalue weighted by molar-refractivity contribution is -0.134. The molecular weight excluding hydrogens is 460 g/mol. The molecule has 1 aromatic heterocycles. The van der Waals surface area contributed by atoms with E-state index in [-0.39, 0.29) is 29.4 Å². The number of carbonyl (C=O) groups excluding carboxylic acids is 3. The Morgan fingerprint density at radius 3 is 2.61 bits per heavy atom. The molecule has 9 heteroatoms. The number of likely N-dealkylation sites (tertiary alicyclic amines) is 1. The SMILES string of the molecule is C[C@H]1CC2(CC[C@H]1Oc1ccc3c(C4CCC(=O)NC4=O)nn(C)c3c1)CN(C(=O)OC(C)(C)C)C2. The number of carbonyl (C=O) groups is 3. The molecule has 3 heterocycles. The minimum Gasteiger partial charge on any atom is -0.490 e. The second-order valence-corrected chi connectivity index (χ2v) is 11.9. The van der Waals surface area contributed by atoms with E-state index < -0.39 is 11.5 Å². The number of hydrogen-bond donors (Lipinski definition) is 1. The summed E-state index contributed by atoms with van der Waals surface area (Å²) in [6.45, 7) is 9.41. The molecule has 2 aromatic rings. The summed E-state index contributed by atoms with van der Waals surface area (Å²) in [5.74, 6) is 0.223. The van der Waals surface area contributed by atoms with E-state index in [2.05, 4.69) is 17.3 Å². The number of imide groups is 1. The third-order valence-electron chi connectivity index (χ3n) is 7.76. The van der Waals surface area contributed by atoms with Crippen LogP contribution in [0.5, 0.6) is 5.75 Å². The first-order chi connectivity index (χ1) is 16.9. The Bertz CT molecular complexity index is 1210. The van der Waals surface area contributed by atoms with Gasteiger partial charge in [0.2, 0.25) is 11.8 Å². The van der Waals surface area contributed by atoms with Gasteiger partial charge in [0.25, 0.3) is 0 Å². The van der Waals surface area contributed by atoms with Gasteiger partial charge >= 0.3 is 6.09 Å². The van der Waals surface area contributed by atoms with Crippen LogP contribution in [0.25, 0.3) is 10.9 Å². The number of amides is 3. The quantitative estimate of drug-likeness (QED) is 0.647. The third kappa shape index (κ3) is 4.67. The van der Waals surface area contributed by atoms with Gasteiger partial charge in [-0.25, -0.2) is 4.79 Å². The molecule has 3 aliphatic rings. The van der Waals surface area contributed by atoms with E-state index in [1.807, 2.05) is 50.9 Å². The first kappa shape index (κ1) is 24.6. The van der Waals surface area contributed by atoms with Crippen LogP contribution in [0.1, 0.15) is 71.4 Å². The van der Waals surface area contributed by atoms with Crippen molar-refractivity contribution in [3.63, 3.8) is 0 Å². The second-order valence-electron chi connectivity index (χ2n) is 11.9. The summed E-state index contributed by atoms with van der Waals surface area (Å²) in [5, 5.41) is 7.95. The fourth-order valence-corrected chi connectivity index (χ4v) is 6.06. The van der Waals surface area contributed by atoms with Crippen LogP contribution < -0.4 is 10.1 Å². The molecule has 1 unspecified atom stereocenters. The highest BCUT2D eigenvalue weighted by Gasteiger charge is 2.50. The first-order valence-electron chi connectivity index (χ1n) is 12.9. The first-order valence-corrected chi connectivity index (χ1v) is 12.9. The van der Waals surface area contributed by atoms with Crippen LogP contribution >= 0.6 is 0 Å². The normalized spacial score (nSPS) is 26.0. The number of aromatic nitrogens is 2. The van der Waals surface area contributed by atoms with Crippen LogP contribution in [0, 0.1) is 11.3 Å². The summed E-state index contributed by atoms with van der Waals surface area (Å²) < 4.78 is 13.7. The minimum atomic E-state index is -0.476. The predicted molar refractivity (Wildman–Crippen MR) is 134 cm³/mol. The van der Waals surface area contributed by atoms with E-state index in [9.17, 15) is 14.4 Å². The maximum absolute atomic E-state index is 12.4. The van der Waals surface area contributed by atoms with Crippen LogP contribution in [0.3, 0.4) is 0 Å². The highest BCUT2D eigenvalue weighted by atomic mass is 16.6. The lowest BCUT2D eigenvalue weighted by atomic mass is 9.64. The van der Waals surface area contributed by atoms with E-state index in [1.54, 1.807) is 4.68 Å². The van der Waals surface area contributed by atoms with E-state index in [4.69, 9.17) is 9.47 Å². The molecule has 3 amide bonds. The van der Waals surface area contributed by atoms with Gasteiger partial charge in [0.1, 0.15) is 17.5 Å². The Hall–Kier alpha value is -3.10. The number of benzene rings is 1. The topological polar surface area (TPSA) is 103 Å². The Morgan fingerprint density at radius 2 is 1.94 bits per heavy atom. The average Bonchev–Trinajstić information content (AvgIpc) is 3.08. The molecule has 1 aliphatic carbocycles. The van der Waals surface area contributed by atoms with Crippen molar-refractivity contribution in [1.82, 2.24) is 20.0 Å². The number of nitrogens with one attached hydrogen (secondary N) is 1. The van der Waals surface area contributed by atoms with Gasteiger partial charge in [-0.15, -0.1) is 0 Å². The lowest BCUT2D eigenvalue weighted by Gasteiger charge is -2.54. The van der Waals surface area contributed by atoms with E-state index >= 15 is 0 Å². The van der Waals surface area contributed by atoms with Crippen molar-refractivity contribution in [1.29, 1.82) is 0 Å². The van der Waals surface area contributed by atoms with Gasteiger partial charge in [-0.05, 0) is 64.5 Å². The van der Waals surface area contributed by atoms with Gasteiger partial charge in [0, 0.05) is 43.4 Å². The largest absolute Gasteiger partial charge is 0.490 e. The molecule has 2 saturated heterocycles. The van der Waals surface area contributed by atoms with Crippen molar-refractivity contribution in [3.8, 4) is 5.75 Å². The summed E-state index contributed by atoms with van der Waals surface area (Å²) in [6, 6.07) is 5.91. The van der Waals surface area contributed by atoms with Crippen LogP contribution in [-0.4, -0.2) is 57.4 Å². The summed E-state index contributed by atoms with van der Waals surface area (Å²) in [6.07, 6.45) is 3.66. The predicted octanol–water partition coefficient (Wildman–Crippen LogP) is 3.90. The van der Waals surface area contributed by atoms with Crippen LogP contribution in [0.15, 0.2) is 18.2 Å². The van der Waals surface area contributed by atoms with Gasteiger partial charge in [-0.1, -0.05) is 6.92 Å². The second kappa shape index (κ2) is 8.78. The standard InChI is InChI=1S/C27H36N4O5/c1-16-13-27(14-31(15-27)25(34)36-26(2,3)4)11-10-21(16)35-17-6-7-18-20(12-17)30(5)29-23(18)19-8-9-22(32)28-24(19)33/h6-7,12,16,19,21H,8-11,13-15H2,1-5H3,(H,28,32,33)/t16-,19?,21+/m0/s1. The summed E-state index contributed by atoms with van der Waals surface area (Å²) in [4.78, 5) is 38.1. The third-order valence-corrected chi connectivity index (χ3v) is 7.76. The number of ether oxygens (including phenoxy) is 2. The van der Waals surface area contributed by atoms with E-state index in [1.165, 1.54) is 0 Å². The smallest absolute Gasteiger partial charge is 0.410 e. The summed E-state index contributed by atoms with van der Waals surface area (Å²) in [5.41, 5.74) is 1.30. The zero-order chi connectivity index (χ0) is 25.8. The number of nitrogens with zero attached hydrogens (tertiary/aromatic N) is 3. The maximum atomic E-state index is 12.4. The Kier molecular flexibility index (Phi) is 6.00. The lowest BCUT2D eigenvalue weighted by Crippen LogP contribution is -2.61. The molecule has 3 fully saturated rings. The molecule has 9 nitrogen and oxygen atoms in total. The monoisotopic (exact) mass is 496 g/mol. The zero-order valence-electron chi connectivity index (χ0n) is 21.8. The van der Waals surface area contributed by atoms with Gasteiger partial charge < -0.3 is 14.4 Å². The highest BCUT2D eigenvalue weighted by molar-refractivity contribution is 6.02. The molecule has 1 spiro atoms. The van der Waals surface area contributed by atoms with Crippen LogP contribution in [-0.2, 0) is 21.4 Å². The number of hydrogen-bond acceptors (Lipinski definition) is 6. The Balaban J connectivity index is 1.23. The van der Waals surface area contributed by atoms with Crippen molar-refractivity contribution in [2.75, 3.05) is 13.1 Å². The number of aryl methyl sites for hydroxylation is 1. The molecule has 1 aromatic carbocycles. The maximum Gasteiger partial charge on any atom is 0.410 e. The summed E-state index contributed by atoms with van der Waals surface area (Å²) in [7, 11) is 1.86. The molecule has 0 bridgehead atoms. The molecule has 5 rings (SSSR count). The summed E-state index contributed by atoms with van der Waals surface area (Å²) >= 11 is 0. The van der Waals surface area contributed by atoms with Crippen LogP contribution in [0.2, 0.25) is 0 Å². The highest BCUT2D eigenvalue weighted by Crippen LogP contribution is 2.47. The molecule has 3 atom stereocenters. The molecule has 2 aliphatic heterocycles. The Morgan fingerprint density at radius 1 is 1.19 bits per heavy atom. The van der Waals surface area contributed by atoms with Crippen molar-refractivity contribution in [3.05, 3.63) is 23.9 Å². The fourth-order valence-electron chi connectivity index (χ4n) is 6.06. The number of piperidine rings is 1. The number of fused-ring (bicyclic) bond motifs is 1. The van der Waals surface area contributed by atoms with Crippen molar-refractivity contribution in [2.24, 2.45) is 18.4 Å². The Labute approximate surface area is 211 Å². The van der Waals surface area contributed by atoms with Crippen LogP contribution in [0.4, 0.5) is 4.79 Å². The van der Waals surface area contributed by atoms with Crippen molar-refractivity contribution in [2.45, 2.75) is 77.4 Å². The fraction of sp³-hybridized carbons (Fsp3) is 0.630. The van der Waals surface area contributed by atoms with Gasteiger partial charge in [0.15, 0.2) is 0 Å². The zero-order valence-corrected chi connectivity index (χ0v) is 21.8. The molecule has 0 radical (unpaired) electrons. The van der Waals surface area contributed by atoms with Gasteiger partial charge in [0.05, 0.1) is 17.1 Å².